The molecule has 0 aliphatic carbocycles. The number of aromatic nitrogens is 1. The van der Waals surface area contributed by atoms with Crippen molar-refractivity contribution in [2.45, 2.75) is 18.6 Å². The lowest BCUT2D eigenvalue weighted by Crippen LogP contribution is -2.45. The lowest BCUT2D eigenvalue weighted by molar-refractivity contribution is -0.119. The van der Waals surface area contributed by atoms with Crippen LogP contribution in [0.1, 0.15) is 6.42 Å². The Bertz CT molecular complexity index is 1450. The van der Waals surface area contributed by atoms with E-state index in [-0.39, 0.29) is 30.1 Å². The van der Waals surface area contributed by atoms with Crippen LogP contribution in [-0.2, 0) is 14.3 Å². The summed E-state index contributed by atoms with van der Waals surface area (Å²) in [5, 5.41) is 5.73. The Morgan fingerprint density at radius 1 is 1.05 bits per heavy atom. The predicted molar refractivity (Wildman–Crippen MR) is 140 cm³/mol. The third-order valence-electron chi connectivity index (χ3n) is 6.02. The summed E-state index contributed by atoms with van der Waals surface area (Å²) < 4.78 is 30.7. The molecule has 0 bridgehead atoms. The number of hydrogen-bond acceptors (Lipinski definition) is 7. The molecule has 1 aliphatic heterocycles. The molecular formula is C26H24ClFN4O7. The summed E-state index contributed by atoms with van der Waals surface area (Å²) in [7, 11) is 2.57. The second-order valence-electron chi connectivity index (χ2n) is 8.46. The third-order valence-corrected chi connectivity index (χ3v) is 6.27. The van der Waals surface area contributed by atoms with Crippen molar-refractivity contribution < 1.29 is 33.0 Å². The van der Waals surface area contributed by atoms with Crippen LogP contribution in [-0.4, -0.2) is 60.5 Å². The van der Waals surface area contributed by atoms with E-state index in [4.69, 9.17) is 21.1 Å². The first-order valence-corrected chi connectivity index (χ1v) is 12.0. The van der Waals surface area contributed by atoms with Crippen molar-refractivity contribution in [3.8, 4) is 11.4 Å². The summed E-state index contributed by atoms with van der Waals surface area (Å²) in [6.07, 6.45) is 0.0985. The van der Waals surface area contributed by atoms with Gasteiger partial charge in [0.15, 0.2) is 5.75 Å². The molecule has 1 aromatic heterocycles. The number of methoxy groups -OCH3 is 2. The molecule has 11 nitrogen and oxygen atoms in total. The molecule has 0 saturated carbocycles. The first kappa shape index (κ1) is 27.6. The van der Waals surface area contributed by atoms with Gasteiger partial charge in [0.1, 0.15) is 11.9 Å². The summed E-state index contributed by atoms with van der Waals surface area (Å²) in [5.74, 6) is -1.75. The molecule has 0 radical (unpaired) electrons. The molecule has 0 unspecified atom stereocenters. The summed E-state index contributed by atoms with van der Waals surface area (Å²) in [6.45, 7) is 0.155. The number of carbonyl (C=O) groups is 3. The topological polar surface area (TPSA) is 128 Å². The number of anilines is 2. The third kappa shape index (κ3) is 6.36. The van der Waals surface area contributed by atoms with Crippen LogP contribution in [0.5, 0.6) is 5.75 Å². The van der Waals surface area contributed by atoms with Gasteiger partial charge in [0.05, 0.1) is 24.6 Å². The van der Waals surface area contributed by atoms with Crippen LogP contribution in [0, 0.1) is 5.82 Å². The maximum atomic E-state index is 15.0. The number of amides is 3. The second-order valence-corrected chi connectivity index (χ2v) is 8.89. The molecule has 2 N–H and O–H groups in total. The fraction of sp³-hybridized carbons (Fsp3) is 0.231. The van der Waals surface area contributed by atoms with Gasteiger partial charge in [-0.25, -0.2) is 14.0 Å². The van der Waals surface area contributed by atoms with E-state index in [2.05, 4.69) is 15.4 Å². The predicted octanol–water partition coefficient (Wildman–Crippen LogP) is 4.04. The number of rotatable bonds is 6. The van der Waals surface area contributed by atoms with E-state index in [1.807, 2.05) is 0 Å². The number of nitrogens with zero attached hydrogens (tertiary/aromatic N) is 2. The average Bonchev–Trinajstić information content (AvgIpc) is 3.37. The molecule has 2 aromatic carbocycles. The smallest absolute Gasteiger partial charge is 0.437 e. The molecule has 204 valence electrons. The highest BCUT2D eigenvalue weighted by molar-refractivity contribution is 6.30. The van der Waals surface area contributed by atoms with Crippen LogP contribution in [0.25, 0.3) is 5.69 Å². The molecule has 39 heavy (non-hydrogen) atoms. The van der Waals surface area contributed by atoms with E-state index in [1.54, 1.807) is 24.3 Å². The standard InChI is InChI=1S/C26H24ClFN4O7/c1-37-18-13-21(32(14-18)25(35)29-16-7-5-15(27)6-8-16)23(33)30-20-10-9-17(12-19(20)28)31-11-3-4-22(24(31)34)39-26(36)38-2/h3-12,18,21H,13-14H2,1-2H3,(H,29,35)(H,30,33)/t18-,21-/m1/s1. The van der Waals surface area contributed by atoms with Crippen molar-refractivity contribution in [2.24, 2.45) is 0 Å². The van der Waals surface area contributed by atoms with Crippen LogP contribution >= 0.6 is 11.6 Å². The van der Waals surface area contributed by atoms with Crippen molar-refractivity contribution in [1.82, 2.24) is 9.47 Å². The second kappa shape index (κ2) is 12.0. The van der Waals surface area contributed by atoms with Gasteiger partial charge in [0.2, 0.25) is 5.91 Å². The minimum Gasteiger partial charge on any atom is -0.437 e. The minimum atomic E-state index is -1.08. The van der Waals surface area contributed by atoms with Gasteiger partial charge in [-0.15, -0.1) is 0 Å². The lowest BCUT2D eigenvalue weighted by atomic mass is 10.1. The number of ether oxygens (including phenoxy) is 3. The first-order valence-electron chi connectivity index (χ1n) is 11.6. The summed E-state index contributed by atoms with van der Waals surface area (Å²) in [4.78, 5) is 51.4. The number of benzene rings is 2. The first-order chi connectivity index (χ1) is 18.7. The maximum absolute atomic E-state index is 15.0. The average molecular weight is 559 g/mol. The van der Waals surface area contributed by atoms with Gasteiger partial charge < -0.3 is 29.7 Å². The van der Waals surface area contributed by atoms with E-state index < -0.39 is 41.6 Å². The SMILES string of the molecule is COC(=O)Oc1cccn(-c2ccc(NC(=O)[C@H]3C[C@@H](OC)CN3C(=O)Nc3ccc(Cl)cc3)c(F)c2)c1=O. The highest BCUT2D eigenvalue weighted by Gasteiger charge is 2.40. The van der Waals surface area contributed by atoms with Gasteiger partial charge in [-0.1, -0.05) is 11.6 Å². The van der Waals surface area contributed by atoms with Gasteiger partial charge >= 0.3 is 12.2 Å². The Kier molecular flexibility index (Phi) is 8.47. The Morgan fingerprint density at radius 2 is 1.79 bits per heavy atom. The zero-order valence-corrected chi connectivity index (χ0v) is 21.6. The molecule has 1 fully saturated rings. The molecule has 3 aromatic rings. The van der Waals surface area contributed by atoms with Crippen molar-refractivity contribution in [2.75, 3.05) is 31.4 Å². The quantitative estimate of drug-likeness (QED) is 0.437. The zero-order chi connectivity index (χ0) is 28.1. The Labute approximate surface area is 227 Å². The summed E-state index contributed by atoms with van der Waals surface area (Å²) >= 11 is 5.89. The monoisotopic (exact) mass is 558 g/mol. The van der Waals surface area contributed by atoms with Crippen LogP contribution in [0.2, 0.25) is 5.02 Å². The maximum Gasteiger partial charge on any atom is 0.513 e. The number of urea groups is 1. The van der Waals surface area contributed by atoms with Crippen LogP contribution in [0.15, 0.2) is 65.6 Å². The molecule has 4 rings (SSSR count). The van der Waals surface area contributed by atoms with Gasteiger partial charge in [-0.2, -0.15) is 0 Å². The van der Waals surface area contributed by atoms with E-state index in [0.717, 1.165) is 17.7 Å². The number of nitrogens with one attached hydrogen (secondary N) is 2. The molecule has 13 heteroatoms. The summed E-state index contributed by atoms with van der Waals surface area (Å²) in [6, 6.07) is 11.4. The number of pyridine rings is 1. The number of hydrogen-bond donors (Lipinski definition) is 2. The molecule has 1 aliphatic rings. The fourth-order valence-electron chi connectivity index (χ4n) is 4.03. The lowest BCUT2D eigenvalue weighted by Gasteiger charge is -2.24. The molecule has 3 amide bonds. The van der Waals surface area contributed by atoms with E-state index in [0.29, 0.717) is 10.7 Å². The van der Waals surface area contributed by atoms with E-state index >= 15 is 4.39 Å². The Balaban J connectivity index is 1.50. The number of carbonyl (C=O) groups excluding carboxylic acids is 3. The molecule has 0 spiro atoms. The molecular weight excluding hydrogens is 535 g/mol. The number of likely N-dealkylation sites (tertiary alicyclic amines) is 1. The Hall–Kier alpha value is -4.42. The Morgan fingerprint density at radius 3 is 2.46 bits per heavy atom. The van der Waals surface area contributed by atoms with Crippen molar-refractivity contribution in [1.29, 1.82) is 0 Å². The molecule has 2 heterocycles. The minimum absolute atomic E-state index is 0.120. The van der Waals surface area contributed by atoms with Gasteiger partial charge in [0.25, 0.3) is 5.56 Å². The van der Waals surface area contributed by atoms with Crippen LogP contribution < -0.4 is 20.9 Å². The fourth-order valence-corrected chi connectivity index (χ4v) is 4.15. The zero-order valence-electron chi connectivity index (χ0n) is 20.9. The van der Waals surface area contributed by atoms with Gasteiger partial charge in [-0.3, -0.25) is 14.2 Å². The number of halogens is 2. The normalized spacial score (nSPS) is 16.5. The van der Waals surface area contributed by atoms with Crippen molar-refractivity contribution in [3.63, 3.8) is 0 Å². The van der Waals surface area contributed by atoms with Crippen molar-refractivity contribution in [3.05, 3.63) is 82.0 Å². The van der Waals surface area contributed by atoms with Crippen molar-refractivity contribution >= 4 is 41.1 Å². The van der Waals surface area contributed by atoms with E-state index in [9.17, 15) is 19.2 Å². The largest absolute Gasteiger partial charge is 0.513 e. The molecule has 2 atom stereocenters. The summed E-state index contributed by atoms with van der Waals surface area (Å²) in [5.41, 5.74) is -0.270. The van der Waals surface area contributed by atoms with E-state index in [1.165, 1.54) is 42.5 Å². The molecule has 1 saturated heterocycles. The van der Waals surface area contributed by atoms with Crippen LogP contribution in [0.4, 0.5) is 25.4 Å². The van der Waals surface area contributed by atoms with Gasteiger partial charge in [-0.05, 0) is 48.5 Å². The van der Waals surface area contributed by atoms with Gasteiger partial charge in [0, 0.05) is 43.0 Å². The van der Waals surface area contributed by atoms with Crippen LogP contribution in [0.3, 0.4) is 0 Å². The highest BCUT2D eigenvalue weighted by Crippen LogP contribution is 2.25. The highest BCUT2D eigenvalue weighted by atomic mass is 35.5.